The molecular weight excluding hydrogens is 438 g/mol. The lowest BCUT2D eigenvalue weighted by molar-refractivity contribution is -0.152. The first-order valence-corrected chi connectivity index (χ1v) is 10.2. The fourth-order valence-electron chi connectivity index (χ4n) is 1.95. The molecule has 0 bridgehead atoms. The van der Waals surface area contributed by atoms with Gasteiger partial charge < -0.3 is 42.4 Å². The maximum atomic E-state index is 10.7. The van der Waals surface area contributed by atoms with Crippen LogP contribution < -0.4 is 17.2 Å². The Morgan fingerprint density at radius 3 is 1.91 bits per heavy atom. The third-order valence-corrected chi connectivity index (χ3v) is 3.78. The standard InChI is InChI=1S/C9H11NO2.C7H12O5.C5H12N2O2/c10-8(9(11)12)6-7-4-2-1-3-5-7;1-5(4-8)12-7(11)3-2-6(9)10;6-3-1-2-4(7)5(8)9/h1-5,8H,6,10H2,(H,11,12);5,8H,2-4H2,1H3,(H,9,10);4H,1-3,6-7H2,(H,8,9)/t8-;;4-/m0.0/s1. The number of ether oxygens (including phenoxy) is 1. The van der Waals surface area contributed by atoms with Gasteiger partial charge in [-0.15, -0.1) is 0 Å². The van der Waals surface area contributed by atoms with Gasteiger partial charge in [0.15, 0.2) is 0 Å². The lowest BCUT2D eigenvalue weighted by atomic mass is 10.1. The van der Waals surface area contributed by atoms with Gasteiger partial charge in [-0.05, 0) is 38.3 Å². The highest BCUT2D eigenvalue weighted by Gasteiger charge is 2.11. The number of aliphatic carboxylic acids is 3. The van der Waals surface area contributed by atoms with E-state index in [2.05, 4.69) is 4.74 Å². The molecular formula is C21H35N3O9. The molecule has 33 heavy (non-hydrogen) atoms. The van der Waals surface area contributed by atoms with E-state index in [1.54, 1.807) is 0 Å². The van der Waals surface area contributed by atoms with Crippen molar-refractivity contribution in [1.29, 1.82) is 0 Å². The molecule has 0 amide bonds. The van der Waals surface area contributed by atoms with Crippen molar-refractivity contribution < 1.29 is 44.3 Å². The van der Waals surface area contributed by atoms with Gasteiger partial charge in [0.1, 0.15) is 18.2 Å². The molecule has 3 atom stereocenters. The molecule has 0 heterocycles. The van der Waals surface area contributed by atoms with Gasteiger partial charge >= 0.3 is 23.9 Å². The Hall–Kier alpha value is -3.06. The van der Waals surface area contributed by atoms with Crippen molar-refractivity contribution in [3.05, 3.63) is 35.9 Å². The van der Waals surface area contributed by atoms with Gasteiger partial charge in [0.2, 0.25) is 0 Å². The van der Waals surface area contributed by atoms with Crippen molar-refractivity contribution in [3.8, 4) is 0 Å². The van der Waals surface area contributed by atoms with Crippen LogP contribution in [0.5, 0.6) is 0 Å². The molecule has 0 spiro atoms. The molecule has 12 nitrogen and oxygen atoms in total. The summed E-state index contributed by atoms with van der Waals surface area (Å²) in [5.74, 6) is -3.55. The summed E-state index contributed by atoms with van der Waals surface area (Å²) in [6, 6.07) is 7.80. The van der Waals surface area contributed by atoms with Crippen LogP contribution >= 0.6 is 0 Å². The van der Waals surface area contributed by atoms with Gasteiger partial charge in [0.25, 0.3) is 0 Å². The molecule has 1 aromatic carbocycles. The average molecular weight is 474 g/mol. The zero-order valence-corrected chi connectivity index (χ0v) is 18.6. The summed E-state index contributed by atoms with van der Waals surface area (Å²) in [4.78, 5) is 41.1. The van der Waals surface area contributed by atoms with Crippen LogP contribution in [0.3, 0.4) is 0 Å². The maximum absolute atomic E-state index is 10.7. The number of hydrogen-bond acceptors (Lipinski definition) is 9. The predicted molar refractivity (Wildman–Crippen MR) is 119 cm³/mol. The number of rotatable bonds is 12. The zero-order chi connectivity index (χ0) is 25.8. The molecule has 0 saturated heterocycles. The molecule has 1 rings (SSSR count). The van der Waals surface area contributed by atoms with Crippen LogP contribution in [0.2, 0.25) is 0 Å². The normalized spacial score (nSPS) is 12.5. The number of aliphatic hydroxyl groups excluding tert-OH is 1. The van der Waals surface area contributed by atoms with Gasteiger partial charge in [0.05, 0.1) is 19.4 Å². The highest BCUT2D eigenvalue weighted by molar-refractivity contribution is 5.76. The lowest BCUT2D eigenvalue weighted by Gasteiger charge is -2.08. The molecule has 0 aromatic heterocycles. The number of carboxylic acids is 3. The molecule has 0 fully saturated rings. The van der Waals surface area contributed by atoms with E-state index in [-0.39, 0.29) is 19.4 Å². The number of hydrogen-bond donors (Lipinski definition) is 7. The molecule has 0 aliphatic rings. The lowest BCUT2D eigenvalue weighted by Crippen LogP contribution is -2.32. The van der Waals surface area contributed by atoms with Gasteiger partial charge in [-0.3, -0.25) is 19.2 Å². The highest BCUT2D eigenvalue weighted by Crippen LogP contribution is 2.01. The van der Waals surface area contributed by atoms with Crippen molar-refractivity contribution in [1.82, 2.24) is 0 Å². The Morgan fingerprint density at radius 1 is 0.939 bits per heavy atom. The first kappa shape index (κ1) is 32.1. The summed E-state index contributed by atoms with van der Waals surface area (Å²) in [7, 11) is 0. The monoisotopic (exact) mass is 473 g/mol. The van der Waals surface area contributed by atoms with E-state index >= 15 is 0 Å². The van der Waals surface area contributed by atoms with Crippen LogP contribution in [0, 0.1) is 0 Å². The van der Waals surface area contributed by atoms with Crippen LogP contribution in [0.1, 0.15) is 38.2 Å². The van der Waals surface area contributed by atoms with E-state index in [4.69, 9.17) is 37.6 Å². The van der Waals surface area contributed by atoms with Crippen LogP contribution in [-0.4, -0.2) is 75.6 Å². The molecule has 12 heteroatoms. The number of esters is 1. The molecule has 0 saturated carbocycles. The molecule has 0 radical (unpaired) electrons. The third kappa shape index (κ3) is 20.6. The van der Waals surface area contributed by atoms with Crippen LogP contribution in [0.15, 0.2) is 30.3 Å². The summed E-state index contributed by atoms with van der Waals surface area (Å²) in [5, 5.41) is 33.4. The molecule has 0 aliphatic carbocycles. The molecule has 10 N–H and O–H groups in total. The zero-order valence-electron chi connectivity index (χ0n) is 18.6. The SMILES string of the molecule is CC(CO)OC(=O)CCC(=O)O.NCCC[C@H](N)C(=O)O.N[C@@H](Cc1ccccc1)C(=O)O. The highest BCUT2D eigenvalue weighted by atomic mass is 16.5. The smallest absolute Gasteiger partial charge is 0.320 e. The Balaban J connectivity index is 0. The molecule has 1 unspecified atom stereocenters. The predicted octanol–water partition coefficient (Wildman–Crippen LogP) is -0.447. The number of nitrogens with two attached hydrogens (primary N) is 3. The Morgan fingerprint density at radius 2 is 1.48 bits per heavy atom. The molecule has 0 aliphatic heterocycles. The quantitative estimate of drug-likeness (QED) is 0.191. The minimum atomic E-state index is -1.04. The van der Waals surface area contributed by atoms with E-state index in [9.17, 15) is 19.2 Å². The minimum Gasteiger partial charge on any atom is -0.481 e. The van der Waals surface area contributed by atoms with Crippen LogP contribution in [0.25, 0.3) is 0 Å². The van der Waals surface area contributed by atoms with E-state index < -0.39 is 42.1 Å². The van der Waals surface area contributed by atoms with Crippen LogP contribution in [0.4, 0.5) is 0 Å². The van der Waals surface area contributed by atoms with Gasteiger partial charge in [-0.1, -0.05) is 30.3 Å². The van der Waals surface area contributed by atoms with Gasteiger partial charge in [0, 0.05) is 0 Å². The summed E-state index contributed by atoms with van der Waals surface area (Å²) >= 11 is 0. The van der Waals surface area contributed by atoms with E-state index in [1.165, 1.54) is 6.92 Å². The minimum absolute atomic E-state index is 0.153. The molecule has 188 valence electrons. The van der Waals surface area contributed by atoms with Crippen molar-refractivity contribution in [2.24, 2.45) is 17.2 Å². The second-order valence-corrected chi connectivity index (χ2v) is 6.89. The largest absolute Gasteiger partial charge is 0.481 e. The first-order valence-electron chi connectivity index (χ1n) is 10.2. The van der Waals surface area contributed by atoms with E-state index in [0.717, 1.165) is 5.56 Å². The van der Waals surface area contributed by atoms with Crippen molar-refractivity contribution >= 4 is 23.9 Å². The second kappa shape index (κ2) is 19.6. The Bertz CT molecular complexity index is 701. The Labute approximate surface area is 192 Å². The average Bonchev–Trinajstić information content (AvgIpc) is 2.77. The number of carbonyl (C=O) groups is 4. The fourth-order valence-corrected chi connectivity index (χ4v) is 1.95. The third-order valence-electron chi connectivity index (χ3n) is 3.78. The van der Waals surface area contributed by atoms with E-state index in [1.807, 2.05) is 30.3 Å². The van der Waals surface area contributed by atoms with Crippen molar-refractivity contribution in [2.45, 2.75) is 57.2 Å². The summed E-state index contributed by atoms with van der Waals surface area (Å²) in [5.41, 5.74) is 16.6. The Kier molecular flexibility index (Phi) is 19.1. The second-order valence-electron chi connectivity index (χ2n) is 6.89. The fraction of sp³-hybridized carbons (Fsp3) is 0.524. The number of benzene rings is 1. The number of carboxylic acid groups (broad SMARTS) is 3. The first-order chi connectivity index (χ1) is 15.4. The van der Waals surface area contributed by atoms with E-state index in [0.29, 0.717) is 25.8 Å². The maximum Gasteiger partial charge on any atom is 0.320 e. The summed E-state index contributed by atoms with van der Waals surface area (Å²) < 4.78 is 4.60. The number of aliphatic hydroxyl groups is 1. The topological polar surface area (TPSA) is 236 Å². The molecule has 1 aromatic rings. The number of carbonyl (C=O) groups excluding carboxylic acids is 1. The van der Waals surface area contributed by atoms with Gasteiger partial charge in [-0.25, -0.2) is 0 Å². The van der Waals surface area contributed by atoms with Crippen LogP contribution in [-0.2, 0) is 30.3 Å². The van der Waals surface area contributed by atoms with Crippen molar-refractivity contribution in [3.63, 3.8) is 0 Å². The summed E-state index contributed by atoms with van der Waals surface area (Å²) in [6.45, 7) is 1.78. The summed E-state index contributed by atoms with van der Waals surface area (Å²) in [6.07, 6.45) is 0.567. The van der Waals surface area contributed by atoms with Gasteiger partial charge in [-0.2, -0.15) is 0 Å². The van der Waals surface area contributed by atoms with Crippen molar-refractivity contribution in [2.75, 3.05) is 13.2 Å².